The molecule has 0 radical (unpaired) electrons. The fraction of sp³-hybridized carbons (Fsp3) is 0.538. The van der Waals surface area contributed by atoms with E-state index < -0.39 is 10.8 Å². The van der Waals surface area contributed by atoms with Gasteiger partial charge in [0.1, 0.15) is 0 Å². The number of nitrogens with one attached hydrogen (secondary N) is 1. The minimum absolute atomic E-state index is 0.403. The van der Waals surface area contributed by atoms with Crippen LogP contribution in [0.1, 0.15) is 12.8 Å². The van der Waals surface area contributed by atoms with Gasteiger partial charge in [-0.15, -0.1) is 0 Å². The molecule has 2 rings (SSSR count). The number of benzene rings is 1. The van der Waals surface area contributed by atoms with Crippen LogP contribution in [-0.4, -0.2) is 35.9 Å². The second-order valence-electron chi connectivity index (χ2n) is 4.80. The molecule has 0 amide bonds. The average Bonchev–Trinajstić information content (AvgIpc) is 2.32. The van der Waals surface area contributed by atoms with E-state index in [-0.39, 0.29) is 0 Å². The van der Waals surface area contributed by atoms with Crippen LogP contribution in [0.25, 0.3) is 0 Å². The van der Waals surface area contributed by atoms with E-state index in [0.717, 1.165) is 40.7 Å². The maximum absolute atomic E-state index is 11.3. The molecule has 0 aliphatic carbocycles. The molecule has 18 heavy (non-hydrogen) atoms. The van der Waals surface area contributed by atoms with Crippen LogP contribution in [0.5, 0.6) is 0 Å². The summed E-state index contributed by atoms with van der Waals surface area (Å²) in [6.07, 6.45) is 1.93. The van der Waals surface area contributed by atoms with Crippen molar-refractivity contribution in [3.63, 3.8) is 0 Å². The van der Waals surface area contributed by atoms with Crippen LogP contribution >= 0.6 is 11.6 Å². The van der Waals surface area contributed by atoms with E-state index in [1.165, 1.54) is 0 Å². The Bertz CT molecular complexity index is 441. The minimum atomic E-state index is -0.614. The highest BCUT2D eigenvalue weighted by Gasteiger charge is 2.19. The first-order chi connectivity index (χ1) is 8.58. The van der Waals surface area contributed by atoms with Crippen molar-refractivity contribution in [2.45, 2.75) is 18.9 Å². The Hall–Kier alpha value is -0.740. The van der Waals surface area contributed by atoms with E-state index in [9.17, 15) is 4.21 Å². The van der Waals surface area contributed by atoms with Crippen molar-refractivity contribution in [3.05, 3.63) is 23.2 Å². The molecule has 5 heteroatoms. The number of para-hydroxylation sites is 1. The number of hydrogen-bond acceptors (Lipinski definition) is 3. The summed E-state index contributed by atoms with van der Waals surface area (Å²) >= 11 is 6.23. The molecule has 100 valence electrons. The van der Waals surface area contributed by atoms with Gasteiger partial charge in [0.15, 0.2) is 0 Å². The van der Waals surface area contributed by atoms with Crippen LogP contribution in [-0.2, 0) is 10.8 Å². The maximum Gasteiger partial charge on any atom is 0.0786 e. The number of anilines is 2. The van der Waals surface area contributed by atoms with E-state index in [0.29, 0.717) is 6.04 Å². The van der Waals surface area contributed by atoms with Gasteiger partial charge < -0.3 is 10.2 Å². The summed E-state index contributed by atoms with van der Waals surface area (Å²) in [6, 6.07) is 6.31. The van der Waals surface area contributed by atoms with Crippen LogP contribution < -0.4 is 10.2 Å². The Labute approximate surface area is 116 Å². The van der Waals surface area contributed by atoms with E-state index in [1.54, 1.807) is 0 Å². The Morgan fingerprint density at radius 1 is 1.33 bits per heavy atom. The molecule has 0 bridgehead atoms. The van der Waals surface area contributed by atoms with Crippen LogP contribution in [0, 0.1) is 0 Å². The zero-order chi connectivity index (χ0) is 13.1. The molecule has 1 fully saturated rings. The molecule has 0 spiro atoms. The van der Waals surface area contributed by atoms with Crippen molar-refractivity contribution in [2.75, 3.05) is 35.8 Å². The Morgan fingerprint density at radius 2 is 2.00 bits per heavy atom. The Balaban J connectivity index is 2.14. The fourth-order valence-electron chi connectivity index (χ4n) is 2.24. The smallest absolute Gasteiger partial charge is 0.0786 e. The molecule has 3 nitrogen and oxygen atoms in total. The summed E-state index contributed by atoms with van der Waals surface area (Å²) in [5.74, 6) is 1.60. The summed E-state index contributed by atoms with van der Waals surface area (Å²) in [6.45, 7) is 0. The number of hydrogen-bond donors (Lipinski definition) is 1. The van der Waals surface area contributed by atoms with Crippen molar-refractivity contribution in [2.24, 2.45) is 0 Å². The number of halogens is 1. The lowest BCUT2D eigenvalue weighted by atomic mass is 10.1. The van der Waals surface area contributed by atoms with Gasteiger partial charge in [0.2, 0.25) is 0 Å². The van der Waals surface area contributed by atoms with Crippen LogP contribution in [0.15, 0.2) is 18.2 Å². The van der Waals surface area contributed by atoms with Gasteiger partial charge in [-0.05, 0) is 25.0 Å². The molecule has 1 aromatic carbocycles. The molecular formula is C13H19ClN2OS. The lowest BCUT2D eigenvalue weighted by Crippen LogP contribution is -2.30. The van der Waals surface area contributed by atoms with E-state index in [4.69, 9.17) is 11.6 Å². The molecule has 1 aromatic rings. The molecule has 1 saturated heterocycles. The van der Waals surface area contributed by atoms with Gasteiger partial charge >= 0.3 is 0 Å². The van der Waals surface area contributed by atoms with Crippen molar-refractivity contribution in [3.8, 4) is 0 Å². The predicted molar refractivity (Wildman–Crippen MR) is 80.3 cm³/mol. The first kappa shape index (κ1) is 13.7. The standard InChI is InChI=1S/C13H19ClN2OS/c1-16(2)13-11(14)4-3-5-12(13)15-10-6-8-18(17)9-7-10/h3-5,10,15H,6-9H2,1-2H3. The quantitative estimate of drug-likeness (QED) is 0.927. The molecule has 1 aliphatic heterocycles. The van der Waals surface area contributed by atoms with Crippen molar-refractivity contribution in [1.29, 1.82) is 0 Å². The Kier molecular flexibility index (Phi) is 4.51. The van der Waals surface area contributed by atoms with Gasteiger partial charge in [-0.1, -0.05) is 17.7 Å². The van der Waals surface area contributed by atoms with Crippen LogP contribution in [0.3, 0.4) is 0 Å². The first-order valence-corrected chi connectivity index (χ1v) is 8.02. The lowest BCUT2D eigenvalue weighted by Gasteiger charge is -2.27. The third-order valence-corrected chi connectivity index (χ3v) is 4.87. The van der Waals surface area contributed by atoms with Gasteiger partial charge in [0.25, 0.3) is 0 Å². The van der Waals surface area contributed by atoms with Crippen molar-refractivity contribution in [1.82, 2.24) is 0 Å². The average molecular weight is 287 g/mol. The summed E-state index contributed by atoms with van der Waals surface area (Å²) in [5.41, 5.74) is 2.08. The second kappa shape index (κ2) is 5.93. The molecule has 0 atom stereocenters. The third-order valence-electron chi connectivity index (χ3n) is 3.18. The van der Waals surface area contributed by atoms with Crippen molar-refractivity contribution < 1.29 is 4.21 Å². The zero-order valence-electron chi connectivity index (χ0n) is 10.8. The molecule has 1 N–H and O–H groups in total. The van der Waals surface area contributed by atoms with E-state index >= 15 is 0 Å². The largest absolute Gasteiger partial charge is 0.381 e. The SMILES string of the molecule is CN(C)c1c(Cl)cccc1NC1CCS(=O)CC1. The normalized spacial score (nSPS) is 23.7. The predicted octanol–water partition coefficient (Wildman–Crippen LogP) is 2.73. The third kappa shape index (κ3) is 3.18. The van der Waals surface area contributed by atoms with E-state index in [2.05, 4.69) is 5.32 Å². The van der Waals surface area contributed by atoms with Gasteiger partial charge in [0, 0.05) is 42.4 Å². The van der Waals surface area contributed by atoms with Crippen LogP contribution in [0.4, 0.5) is 11.4 Å². The molecule has 0 unspecified atom stereocenters. The highest BCUT2D eigenvalue weighted by Crippen LogP contribution is 2.33. The Morgan fingerprint density at radius 3 is 2.61 bits per heavy atom. The minimum Gasteiger partial charge on any atom is -0.381 e. The highest BCUT2D eigenvalue weighted by atomic mass is 35.5. The number of rotatable bonds is 3. The van der Waals surface area contributed by atoms with Gasteiger partial charge in [-0.2, -0.15) is 0 Å². The summed E-state index contributed by atoms with van der Waals surface area (Å²) < 4.78 is 11.3. The maximum atomic E-state index is 11.3. The molecular weight excluding hydrogens is 268 g/mol. The topological polar surface area (TPSA) is 32.3 Å². The zero-order valence-corrected chi connectivity index (χ0v) is 12.4. The van der Waals surface area contributed by atoms with E-state index in [1.807, 2.05) is 37.2 Å². The number of nitrogens with zero attached hydrogens (tertiary/aromatic N) is 1. The molecule has 1 heterocycles. The van der Waals surface area contributed by atoms with Crippen molar-refractivity contribution >= 4 is 33.8 Å². The molecule has 0 aromatic heterocycles. The lowest BCUT2D eigenvalue weighted by molar-refractivity contribution is 0.624. The monoisotopic (exact) mass is 286 g/mol. The van der Waals surface area contributed by atoms with Crippen LogP contribution in [0.2, 0.25) is 5.02 Å². The first-order valence-electron chi connectivity index (χ1n) is 6.15. The highest BCUT2D eigenvalue weighted by molar-refractivity contribution is 7.85. The van der Waals surface area contributed by atoms with Gasteiger partial charge in [-0.25, -0.2) is 0 Å². The summed E-state index contributed by atoms with van der Waals surface area (Å²) in [4.78, 5) is 2.02. The van der Waals surface area contributed by atoms with Gasteiger partial charge in [-0.3, -0.25) is 4.21 Å². The summed E-state index contributed by atoms with van der Waals surface area (Å²) in [7, 11) is 3.36. The molecule has 1 aliphatic rings. The second-order valence-corrected chi connectivity index (χ2v) is 6.90. The summed E-state index contributed by atoms with van der Waals surface area (Å²) in [5, 5.41) is 4.29. The van der Waals surface area contributed by atoms with Gasteiger partial charge in [0.05, 0.1) is 16.4 Å². The fourth-order valence-corrected chi connectivity index (χ4v) is 3.89. The molecule has 0 saturated carbocycles.